The van der Waals surface area contributed by atoms with Gasteiger partial charge in [0.15, 0.2) is 0 Å². The van der Waals surface area contributed by atoms with Gasteiger partial charge in [0.2, 0.25) is 0 Å². The van der Waals surface area contributed by atoms with E-state index in [1.165, 1.54) is 38.5 Å². The highest BCUT2D eigenvalue weighted by Gasteiger charge is 2.57. The Morgan fingerprint density at radius 1 is 1.00 bits per heavy atom. The summed E-state index contributed by atoms with van der Waals surface area (Å²) < 4.78 is 0. The van der Waals surface area contributed by atoms with Gasteiger partial charge in [-0.15, -0.1) is 0 Å². The van der Waals surface area contributed by atoms with Gasteiger partial charge >= 0.3 is 0 Å². The van der Waals surface area contributed by atoms with Crippen molar-refractivity contribution in [1.82, 2.24) is 0 Å². The normalized spacial score (nSPS) is 34.1. The molecule has 0 saturated heterocycles. The van der Waals surface area contributed by atoms with Crippen LogP contribution in [0.1, 0.15) is 79.1 Å². The molecule has 0 aliphatic heterocycles. The van der Waals surface area contributed by atoms with Crippen molar-refractivity contribution in [3.8, 4) is 0 Å². The second kappa shape index (κ2) is 4.85. The second-order valence-electron chi connectivity index (χ2n) is 9.17. The van der Waals surface area contributed by atoms with Crippen molar-refractivity contribution < 1.29 is 4.79 Å². The molecule has 0 unspecified atom stereocenters. The summed E-state index contributed by atoms with van der Waals surface area (Å²) >= 11 is 0. The van der Waals surface area contributed by atoms with E-state index in [9.17, 15) is 4.79 Å². The second-order valence-corrected chi connectivity index (χ2v) is 9.17. The molecule has 0 atom stereocenters. The van der Waals surface area contributed by atoms with Crippen molar-refractivity contribution in [3.63, 3.8) is 0 Å². The predicted molar refractivity (Wildman–Crippen MR) is 83.5 cm³/mol. The van der Waals surface area contributed by atoms with Crippen molar-refractivity contribution >= 4 is 5.78 Å². The highest BCUT2D eigenvalue weighted by molar-refractivity contribution is 5.86. The molecule has 1 nitrogen and oxygen atoms in total. The highest BCUT2D eigenvalue weighted by Crippen LogP contribution is 2.64. The first-order valence-corrected chi connectivity index (χ1v) is 8.84. The monoisotopic (exact) mass is 276 g/mol. The minimum absolute atomic E-state index is 0.480. The Balaban J connectivity index is 1.53. The van der Waals surface area contributed by atoms with Gasteiger partial charge in [-0.2, -0.15) is 0 Å². The molecule has 0 amide bonds. The molecule has 0 aromatic heterocycles. The maximum Gasteiger partial charge on any atom is 0.134 e. The van der Waals surface area contributed by atoms with E-state index in [4.69, 9.17) is 0 Å². The van der Waals surface area contributed by atoms with E-state index in [1.807, 2.05) is 0 Å². The molecule has 3 aliphatic carbocycles. The molecule has 0 heterocycles. The third-order valence-electron chi connectivity index (χ3n) is 7.32. The molecule has 3 fully saturated rings. The van der Waals surface area contributed by atoms with Crippen molar-refractivity contribution in [3.05, 3.63) is 0 Å². The molecule has 0 radical (unpaired) electrons. The Morgan fingerprint density at radius 3 is 2.00 bits per heavy atom. The average molecular weight is 276 g/mol. The van der Waals surface area contributed by atoms with E-state index in [0.29, 0.717) is 16.6 Å². The van der Waals surface area contributed by atoms with E-state index in [2.05, 4.69) is 27.7 Å². The molecule has 0 N–H and O–H groups in total. The summed E-state index contributed by atoms with van der Waals surface area (Å²) in [4.78, 5) is 11.3. The first-order valence-electron chi connectivity index (χ1n) is 8.84. The lowest BCUT2D eigenvalue weighted by Gasteiger charge is -2.60. The molecule has 1 spiro atoms. The smallest absolute Gasteiger partial charge is 0.134 e. The fourth-order valence-electron chi connectivity index (χ4n) is 5.45. The predicted octanol–water partition coefficient (Wildman–Crippen LogP) is 5.23. The van der Waals surface area contributed by atoms with Crippen LogP contribution in [0, 0.1) is 34.5 Å². The molecule has 3 rings (SSSR count). The summed E-state index contributed by atoms with van der Waals surface area (Å²) in [6, 6.07) is 0. The maximum absolute atomic E-state index is 11.3. The van der Waals surface area contributed by atoms with Crippen LogP contribution in [0.25, 0.3) is 0 Å². The van der Waals surface area contributed by atoms with Crippen molar-refractivity contribution in [2.24, 2.45) is 34.5 Å². The zero-order chi connectivity index (χ0) is 14.5. The van der Waals surface area contributed by atoms with Crippen LogP contribution in [0.2, 0.25) is 0 Å². The van der Waals surface area contributed by atoms with Gasteiger partial charge in [0, 0.05) is 12.8 Å². The maximum atomic E-state index is 11.3. The van der Waals surface area contributed by atoms with Crippen LogP contribution < -0.4 is 0 Å². The lowest BCUT2D eigenvalue weighted by atomic mass is 9.44. The fraction of sp³-hybridized carbons (Fsp3) is 0.947. The molecular formula is C19H32O. The third kappa shape index (κ3) is 2.35. The zero-order valence-electron chi connectivity index (χ0n) is 13.9. The van der Waals surface area contributed by atoms with Crippen molar-refractivity contribution in [2.45, 2.75) is 79.1 Å². The van der Waals surface area contributed by atoms with Crippen molar-refractivity contribution in [2.75, 3.05) is 0 Å². The van der Waals surface area contributed by atoms with E-state index in [-0.39, 0.29) is 0 Å². The van der Waals surface area contributed by atoms with Gasteiger partial charge in [-0.3, -0.25) is 4.79 Å². The van der Waals surface area contributed by atoms with E-state index >= 15 is 0 Å². The third-order valence-corrected chi connectivity index (χ3v) is 7.32. The molecule has 3 saturated carbocycles. The number of carbonyl (C=O) groups excluding carboxylic acids is 1. The summed E-state index contributed by atoms with van der Waals surface area (Å²) in [5, 5.41) is 0. The summed E-state index contributed by atoms with van der Waals surface area (Å²) in [7, 11) is 0. The first-order chi connectivity index (χ1) is 9.32. The van der Waals surface area contributed by atoms with Crippen LogP contribution in [0.15, 0.2) is 0 Å². The van der Waals surface area contributed by atoms with Crippen molar-refractivity contribution in [1.29, 1.82) is 0 Å². The zero-order valence-corrected chi connectivity index (χ0v) is 13.9. The molecule has 20 heavy (non-hydrogen) atoms. The average Bonchev–Trinajstić information content (AvgIpc) is 2.31. The van der Waals surface area contributed by atoms with Gasteiger partial charge < -0.3 is 0 Å². The van der Waals surface area contributed by atoms with Crippen LogP contribution in [0.3, 0.4) is 0 Å². The Labute approximate surface area is 124 Å². The van der Waals surface area contributed by atoms with Crippen LogP contribution >= 0.6 is 0 Å². The Hall–Kier alpha value is -0.330. The molecule has 0 bridgehead atoms. The van der Waals surface area contributed by atoms with Gasteiger partial charge in [-0.25, -0.2) is 0 Å². The number of rotatable bonds is 3. The minimum Gasteiger partial charge on any atom is -0.300 e. The van der Waals surface area contributed by atoms with Gasteiger partial charge in [-0.1, -0.05) is 27.7 Å². The molecule has 1 heteroatoms. The molecular weight excluding hydrogens is 244 g/mol. The summed E-state index contributed by atoms with van der Waals surface area (Å²) in [6.45, 7) is 9.82. The summed E-state index contributed by atoms with van der Waals surface area (Å²) in [5.74, 6) is 4.16. The van der Waals surface area contributed by atoms with Gasteiger partial charge in [0.05, 0.1) is 0 Å². The largest absolute Gasteiger partial charge is 0.300 e. The quantitative estimate of drug-likeness (QED) is 0.689. The van der Waals surface area contributed by atoms with Crippen LogP contribution in [-0.4, -0.2) is 5.78 Å². The van der Waals surface area contributed by atoms with Gasteiger partial charge in [0.1, 0.15) is 5.78 Å². The number of hydrogen-bond acceptors (Lipinski definition) is 1. The van der Waals surface area contributed by atoms with Gasteiger partial charge in [-0.05, 0) is 73.0 Å². The van der Waals surface area contributed by atoms with E-state index in [0.717, 1.165) is 36.5 Å². The van der Waals surface area contributed by atoms with E-state index in [1.54, 1.807) is 0 Å². The highest BCUT2D eigenvalue weighted by atomic mass is 16.1. The minimum atomic E-state index is 0.480. The fourth-order valence-corrected chi connectivity index (χ4v) is 5.45. The first kappa shape index (κ1) is 14.6. The number of hydrogen-bond donors (Lipinski definition) is 0. The topological polar surface area (TPSA) is 17.1 Å². The van der Waals surface area contributed by atoms with Crippen LogP contribution in [-0.2, 0) is 4.79 Å². The molecule has 0 aromatic rings. The summed E-state index contributed by atoms with van der Waals surface area (Å²) in [6.07, 6.45) is 10.3. The number of Topliss-reactive ketones (excluding diaryl/α,β-unsaturated/α-hetero) is 1. The number of carbonyl (C=O) groups is 1. The number of ketones is 1. The Bertz CT molecular complexity index is 369. The summed E-state index contributed by atoms with van der Waals surface area (Å²) in [5.41, 5.74) is 0.986. The van der Waals surface area contributed by atoms with Crippen LogP contribution in [0.4, 0.5) is 0 Å². The Kier molecular flexibility index (Phi) is 3.54. The molecule has 0 aromatic carbocycles. The standard InChI is InChI=1S/C19H32O/c1-13(2)14-5-7-15(8-6-14)18(3,4)16-9-19(10-16)11-17(20)12-19/h13-16H,5-12H2,1-4H3. The van der Waals surface area contributed by atoms with Gasteiger partial charge in [0.25, 0.3) is 0 Å². The molecule has 114 valence electrons. The Morgan fingerprint density at radius 2 is 1.55 bits per heavy atom. The lowest BCUT2D eigenvalue weighted by Crippen LogP contribution is -2.53. The lowest BCUT2D eigenvalue weighted by molar-refractivity contribution is -0.151. The SMILES string of the molecule is CC(C)C1CCC(C(C)(C)C2CC3(CC(=O)C3)C2)CC1. The van der Waals surface area contributed by atoms with E-state index < -0.39 is 0 Å². The van der Waals surface area contributed by atoms with Crippen LogP contribution in [0.5, 0.6) is 0 Å². The molecule has 3 aliphatic rings.